The molecule has 0 atom stereocenters. The van der Waals surface area contributed by atoms with Crippen LogP contribution in [0.4, 0.5) is 5.82 Å². The Labute approximate surface area is 157 Å². The van der Waals surface area contributed by atoms with E-state index in [1.807, 2.05) is 23.0 Å². The minimum Gasteiger partial charge on any atom is -0.454 e. The third kappa shape index (κ3) is 3.04. The number of imidazole rings is 1. The number of likely N-dealkylation sites (tertiary alicyclic amines) is 1. The summed E-state index contributed by atoms with van der Waals surface area (Å²) in [5.74, 6) is 3.39. The third-order valence-corrected chi connectivity index (χ3v) is 5.44. The Kier molecular flexibility index (Phi) is 4.01. The molecule has 1 saturated heterocycles. The molecule has 7 nitrogen and oxygen atoms in total. The second-order valence-corrected chi connectivity index (χ2v) is 7.18. The summed E-state index contributed by atoms with van der Waals surface area (Å²) in [7, 11) is 0. The van der Waals surface area contributed by atoms with Crippen LogP contribution in [-0.4, -0.2) is 39.4 Å². The fraction of sp³-hybridized carbons (Fsp3) is 0.350. The van der Waals surface area contributed by atoms with Gasteiger partial charge in [-0.1, -0.05) is 0 Å². The van der Waals surface area contributed by atoms with Gasteiger partial charge in [-0.25, -0.2) is 9.97 Å². The lowest BCUT2D eigenvalue weighted by atomic mass is 10.0. The van der Waals surface area contributed by atoms with Gasteiger partial charge in [0.1, 0.15) is 12.9 Å². The highest BCUT2D eigenvalue weighted by atomic mass is 16.7. The summed E-state index contributed by atoms with van der Waals surface area (Å²) >= 11 is 0. The summed E-state index contributed by atoms with van der Waals surface area (Å²) in [4.78, 5) is 13.4. The molecule has 27 heavy (non-hydrogen) atoms. The lowest BCUT2D eigenvalue weighted by Crippen LogP contribution is -2.52. The molecule has 138 valence electrons. The topological polar surface area (TPSA) is 62.1 Å². The van der Waals surface area contributed by atoms with Gasteiger partial charge in [-0.15, -0.1) is 0 Å². The van der Waals surface area contributed by atoms with Crippen molar-refractivity contribution in [3.63, 3.8) is 0 Å². The summed E-state index contributed by atoms with van der Waals surface area (Å²) in [6, 6.07) is 8.31. The molecule has 0 saturated carbocycles. The molecule has 0 aliphatic carbocycles. The van der Waals surface area contributed by atoms with E-state index < -0.39 is 0 Å². The smallest absolute Gasteiger partial charge is 0.239 e. The lowest BCUT2D eigenvalue weighted by Gasteiger charge is -2.40. The number of hydrogen-bond donors (Lipinski definition) is 0. The predicted octanol–water partition coefficient (Wildman–Crippen LogP) is 3.08. The number of fused-ring (bicyclic) bond motifs is 1. The Morgan fingerprint density at radius 2 is 1.89 bits per heavy atom. The Hall–Kier alpha value is -2.93. The van der Waals surface area contributed by atoms with Crippen LogP contribution in [-0.2, 0) is 6.54 Å². The van der Waals surface area contributed by atoms with Gasteiger partial charge in [0.15, 0.2) is 11.5 Å². The molecule has 0 bridgehead atoms. The van der Waals surface area contributed by atoms with Crippen molar-refractivity contribution in [2.75, 3.05) is 19.9 Å². The molecule has 0 unspecified atom stereocenters. The fourth-order valence-electron chi connectivity index (χ4n) is 4.08. The second-order valence-electron chi connectivity index (χ2n) is 7.18. The van der Waals surface area contributed by atoms with Crippen LogP contribution in [0.25, 0.3) is 5.95 Å². The van der Waals surface area contributed by atoms with Crippen LogP contribution >= 0.6 is 0 Å². The maximum absolute atomic E-state index is 5.57. The van der Waals surface area contributed by atoms with Crippen LogP contribution < -0.4 is 14.0 Å². The van der Waals surface area contributed by atoms with Crippen molar-refractivity contribution in [1.29, 1.82) is 0 Å². The Balaban J connectivity index is 1.51. The molecule has 0 radical (unpaired) electrons. The number of ether oxygens (including phenoxy) is 2. The molecule has 4 heterocycles. The second kappa shape index (κ2) is 6.66. The van der Waals surface area contributed by atoms with E-state index in [-0.39, 0.29) is 0 Å². The van der Waals surface area contributed by atoms with Gasteiger partial charge in [0.05, 0.1) is 13.1 Å². The first-order valence-electron chi connectivity index (χ1n) is 9.39. The van der Waals surface area contributed by atoms with Crippen molar-refractivity contribution < 1.29 is 9.47 Å². The van der Waals surface area contributed by atoms with Crippen molar-refractivity contribution in [1.82, 2.24) is 24.0 Å². The lowest BCUT2D eigenvalue weighted by molar-refractivity contribution is 0.174. The van der Waals surface area contributed by atoms with Crippen LogP contribution in [0, 0.1) is 0 Å². The first-order chi connectivity index (χ1) is 13.3. The molecule has 5 rings (SSSR count). The van der Waals surface area contributed by atoms with Gasteiger partial charge < -0.3 is 9.47 Å². The van der Waals surface area contributed by atoms with E-state index in [2.05, 4.69) is 28.2 Å². The number of rotatable bonds is 4. The summed E-state index contributed by atoms with van der Waals surface area (Å²) in [5, 5.41) is 0. The van der Waals surface area contributed by atoms with Crippen molar-refractivity contribution >= 4 is 5.82 Å². The normalized spacial score (nSPS) is 17.8. The number of piperidine rings is 1. The van der Waals surface area contributed by atoms with E-state index >= 15 is 0 Å². The van der Waals surface area contributed by atoms with Gasteiger partial charge in [0.25, 0.3) is 0 Å². The minimum atomic E-state index is 0.305. The molecule has 2 aliphatic heterocycles. The molecular formula is C20H22N5O2+. The summed E-state index contributed by atoms with van der Waals surface area (Å²) < 4.78 is 13.7. The number of benzene rings is 1. The van der Waals surface area contributed by atoms with Gasteiger partial charge in [0, 0.05) is 30.2 Å². The van der Waals surface area contributed by atoms with Gasteiger partial charge in [-0.3, -0.25) is 9.05 Å². The van der Waals surface area contributed by atoms with Crippen LogP contribution in [0.3, 0.4) is 0 Å². The highest BCUT2D eigenvalue weighted by Crippen LogP contribution is 2.35. The summed E-state index contributed by atoms with van der Waals surface area (Å²) in [6.07, 6.45) is 10.9. The summed E-state index contributed by atoms with van der Waals surface area (Å²) in [6.45, 7) is 3.35. The van der Waals surface area contributed by atoms with E-state index in [0.29, 0.717) is 12.7 Å². The van der Waals surface area contributed by atoms with E-state index in [0.717, 1.165) is 41.4 Å². The summed E-state index contributed by atoms with van der Waals surface area (Å²) in [5.41, 5.74) is 1.24. The van der Waals surface area contributed by atoms with Gasteiger partial charge in [0.2, 0.25) is 18.6 Å². The van der Waals surface area contributed by atoms with Gasteiger partial charge in [-0.2, -0.15) is 4.98 Å². The molecule has 0 amide bonds. The zero-order chi connectivity index (χ0) is 18.1. The Morgan fingerprint density at radius 3 is 2.74 bits per heavy atom. The Morgan fingerprint density at radius 1 is 1.00 bits per heavy atom. The van der Waals surface area contributed by atoms with Crippen molar-refractivity contribution in [3.05, 3.63) is 54.7 Å². The molecule has 1 fully saturated rings. The maximum Gasteiger partial charge on any atom is 0.239 e. The molecule has 1 aromatic carbocycles. The number of quaternary nitrogens is 1. The Bertz CT molecular complexity index is 935. The molecule has 2 aliphatic rings. The van der Waals surface area contributed by atoms with Crippen LogP contribution in [0.1, 0.15) is 24.8 Å². The molecule has 3 aromatic rings. The van der Waals surface area contributed by atoms with Crippen LogP contribution in [0.15, 0.2) is 49.2 Å². The molecule has 7 heteroatoms. The number of aromatic nitrogens is 4. The van der Waals surface area contributed by atoms with Crippen molar-refractivity contribution in [2.45, 2.75) is 25.8 Å². The van der Waals surface area contributed by atoms with Gasteiger partial charge in [-0.05, 0) is 37.5 Å². The monoisotopic (exact) mass is 364 g/mol. The average Bonchev–Trinajstić information content (AvgIpc) is 3.40. The zero-order valence-electron chi connectivity index (χ0n) is 15.1. The minimum absolute atomic E-state index is 0.305. The fourth-order valence-corrected chi connectivity index (χ4v) is 4.08. The zero-order valence-corrected chi connectivity index (χ0v) is 15.1. The molecule has 0 spiro atoms. The highest BCUT2D eigenvalue weighted by molar-refractivity contribution is 5.46. The number of hydrogen-bond acceptors (Lipinski definition) is 5. The van der Waals surface area contributed by atoms with E-state index in [1.54, 1.807) is 12.5 Å². The molecular weight excluding hydrogens is 342 g/mol. The molecule has 0 N–H and O–H groups in total. The largest absolute Gasteiger partial charge is 0.454 e. The molecule has 2 aromatic heterocycles. The SMILES string of the molecule is c1cn(-c2nccc([N+]3(Cc4ccc5c(c4)OCO5)CCCCC3)n2)cn1. The van der Waals surface area contributed by atoms with Gasteiger partial charge >= 0.3 is 0 Å². The van der Waals surface area contributed by atoms with Crippen molar-refractivity contribution in [2.24, 2.45) is 0 Å². The quantitative estimate of drug-likeness (QED) is 0.666. The van der Waals surface area contributed by atoms with Crippen LogP contribution in [0.2, 0.25) is 0 Å². The standard InChI is InChI=1S/C20H22N5O2/c1-2-10-25(11-3-1,13-16-4-5-17-18(12-16)27-15-26-17)19-6-7-22-20(23-19)24-9-8-21-14-24/h4-9,12,14H,1-3,10-11,13,15H2/q+1. The third-order valence-electron chi connectivity index (χ3n) is 5.44. The highest BCUT2D eigenvalue weighted by Gasteiger charge is 2.35. The van der Waals surface area contributed by atoms with E-state index in [4.69, 9.17) is 14.5 Å². The average molecular weight is 364 g/mol. The first kappa shape index (κ1) is 16.3. The van der Waals surface area contributed by atoms with E-state index in [1.165, 1.54) is 24.8 Å². The predicted molar refractivity (Wildman–Crippen MR) is 101 cm³/mol. The van der Waals surface area contributed by atoms with Crippen molar-refractivity contribution in [3.8, 4) is 17.4 Å². The number of nitrogens with zero attached hydrogens (tertiary/aromatic N) is 5. The maximum atomic E-state index is 5.57. The first-order valence-corrected chi connectivity index (χ1v) is 9.39. The van der Waals surface area contributed by atoms with E-state index in [9.17, 15) is 0 Å². The van der Waals surface area contributed by atoms with Crippen LogP contribution in [0.5, 0.6) is 11.5 Å².